The molecule has 4 heteroatoms. The van der Waals surface area contributed by atoms with Gasteiger partial charge < -0.3 is 11.1 Å². The van der Waals surface area contributed by atoms with E-state index < -0.39 is 0 Å². The highest BCUT2D eigenvalue weighted by Gasteiger charge is 2.54. The zero-order chi connectivity index (χ0) is 14.6. The number of rotatable bonds is 2. The molecule has 4 aliphatic rings. The van der Waals surface area contributed by atoms with Crippen molar-refractivity contribution in [3.8, 4) is 0 Å². The molecular formula is C17H21ClN2O. The SMILES string of the molecule is Nc1ccc(NC(=O)C23CC4CC(CC(C4)C2)C3)cc1Cl. The van der Waals surface area contributed by atoms with Crippen LogP contribution in [0.3, 0.4) is 0 Å². The van der Waals surface area contributed by atoms with E-state index in [0.29, 0.717) is 10.7 Å². The fourth-order valence-corrected chi connectivity index (χ4v) is 5.44. The standard InChI is InChI=1S/C17H21ClN2O/c18-14-6-13(1-2-15(14)19)20-16(21)17-7-10-3-11(8-17)5-12(4-10)9-17/h1-2,6,10-12H,3-5,7-9,19H2,(H,20,21). The molecule has 0 unspecified atom stereocenters. The van der Waals surface area contributed by atoms with Gasteiger partial charge in [0.15, 0.2) is 0 Å². The van der Waals surface area contributed by atoms with Crippen LogP contribution in [0.2, 0.25) is 5.02 Å². The number of benzene rings is 1. The molecule has 0 spiro atoms. The molecule has 4 saturated carbocycles. The van der Waals surface area contributed by atoms with E-state index >= 15 is 0 Å². The highest BCUT2D eigenvalue weighted by atomic mass is 35.5. The first-order chi connectivity index (χ1) is 10.0. The van der Waals surface area contributed by atoms with Crippen LogP contribution in [0.5, 0.6) is 0 Å². The molecule has 1 amide bonds. The molecule has 5 rings (SSSR count). The highest BCUT2D eigenvalue weighted by molar-refractivity contribution is 6.33. The minimum Gasteiger partial charge on any atom is -0.398 e. The van der Waals surface area contributed by atoms with Crippen LogP contribution in [0.15, 0.2) is 18.2 Å². The van der Waals surface area contributed by atoms with E-state index in [1.807, 2.05) is 6.07 Å². The Morgan fingerprint density at radius 3 is 2.24 bits per heavy atom. The fraction of sp³-hybridized carbons (Fsp3) is 0.588. The van der Waals surface area contributed by atoms with Crippen molar-refractivity contribution in [2.45, 2.75) is 38.5 Å². The lowest BCUT2D eigenvalue weighted by atomic mass is 9.49. The fourth-order valence-electron chi connectivity index (χ4n) is 5.26. The number of nitrogen functional groups attached to an aromatic ring is 1. The van der Waals surface area contributed by atoms with Crippen molar-refractivity contribution in [2.75, 3.05) is 11.1 Å². The predicted molar refractivity (Wildman–Crippen MR) is 85.1 cm³/mol. The van der Waals surface area contributed by atoms with Crippen molar-refractivity contribution in [1.29, 1.82) is 0 Å². The maximum atomic E-state index is 12.9. The molecule has 112 valence electrons. The van der Waals surface area contributed by atoms with Gasteiger partial charge in [0, 0.05) is 5.69 Å². The van der Waals surface area contributed by atoms with E-state index in [9.17, 15) is 4.79 Å². The first-order valence-electron chi connectivity index (χ1n) is 7.90. The van der Waals surface area contributed by atoms with Gasteiger partial charge in [-0.3, -0.25) is 4.79 Å². The van der Waals surface area contributed by atoms with Crippen LogP contribution in [0, 0.1) is 23.2 Å². The van der Waals surface area contributed by atoms with Gasteiger partial charge >= 0.3 is 0 Å². The van der Waals surface area contributed by atoms with Crippen molar-refractivity contribution < 1.29 is 4.79 Å². The topological polar surface area (TPSA) is 55.1 Å². The lowest BCUT2D eigenvalue weighted by Gasteiger charge is -2.55. The summed E-state index contributed by atoms with van der Waals surface area (Å²) in [6.45, 7) is 0. The molecular weight excluding hydrogens is 284 g/mol. The summed E-state index contributed by atoms with van der Waals surface area (Å²) in [5, 5.41) is 3.59. The molecule has 0 heterocycles. The van der Waals surface area contributed by atoms with Crippen LogP contribution in [-0.2, 0) is 4.79 Å². The van der Waals surface area contributed by atoms with Crippen molar-refractivity contribution >= 4 is 28.9 Å². The number of hydrogen-bond acceptors (Lipinski definition) is 2. The number of amides is 1. The van der Waals surface area contributed by atoms with Crippen LogP contribution in [0.25, 0.3) is 0 Å². The minimum absolute atomic E-state index is 0.122. The first-order valence-corrected chi connectivity index (χ1v) is 8.28. The Kier molecular flexibility index (Phi) is 2.97. The van der Waals surface area contributed by atoms with E-state index in [2.05, 4.69) is 5.32 Å². The average molecular weight is 305 g/mol. The monoisotopic (exact) mass is 304 g/mol. The van der Waals surface area contributed by atoms with Crippen molar-refractivity contribution in [2.24, 2.45) is 23.2 Å². The van der Waals surface area contributed by atoms with Gasteiger partial charge in [0.2, 0.25) is 5.91 Å². The average Bonchev–Trinajstić information content (AvgIpc) is 2.41. The van der Waals surface area contributed by atoms with Gasteiger partial charge in [-0.05, 0) is 74.5 Å². The van der Waals surface area contributed by atoms with Gasteiger partial charge in [0.1, 0.15) is 0 Å². The maximum Gasteiger partial charge on any atom is 0.230 e. The lowest BCUT2D eigenvalue weighted by Crippen LogP contribution is -2.51. The van der Waals surface area contributed by atoms with Gasteiger partial charge in [-0.1, -0.05) is 11.6 Å². The Balaban J connectivity index is 1.56. The molecule has 0 aromatic heterocycles. The van der Waals surface area contributed by atoms with Crippen LogP contribution < -0.4 is 11.1 Å². The molecule has 3 N–H and O–H groups in total. The zero-order valence-electron chi connectivity index (χ0n) is 12.1. The summed E-state index contributed by atoms with van der Waals surface area (Å²) in [5.41, 5.74) is 6.90. The Hall–Kier alpha value is -1.22. The van der Waals surface area contributed by atoms with Crippen molar-refractivity contribution in [3.63, 3.8) is 0 Å². The number of nitrogens with one attached hydrogen (secondary N) is 1. The van der Waals surface area contributed by atoms with Crippen molar-refractivity contribution in [3.05, 3.63) is 23.2 Å². The van der Waals surface area contributed by atoms with Crippen LogP contribution >= 0.6 is 11.6 Å². The number of carbonyl (C=O) groups is 1. The number of nitrogens with two attached hydrogens (primary N) is 1. The van der Waals surface area contributed by atoms with Crippen LogP contribution in [0.1, 0.15) is 38.5 Å². The quantitative estimate of drug-likeness (QED) is 0.809. The van der Waals surface area contributed by atoms with Crippen molar-refractivity contribution in [1.82, 2.24) is 0 Å². The third-order valence-electron chi connectivity index (χ3n) is 5.78. The Morgan fingerprint density at radius 1 is 1.14 bits per heavy atom. The Morgan fingerprint density at radius 2 is 1.71 bits per heavy atom. The van der Waals surface area contributed by atoms with E-state index in [1.54, 1.807) is 12.1 Å². The third kappa shape index (κ3) is 2.22. The molecule has 21 heavy (non-hydrogen) atoms. The first kappa shape index (κ1) is 13.4. The molecule has 1 aromatic rings. The zero-order valence-corrected chi connectivity index (χ0v) is 12.8. The largest absolute Gasteiger partial charge is 0.398 e. The summed E-state index contributed by atoms with van der Waals surface area (Å²) in [6.07, 6.45) is 7.27. The summed E-state index contributed by atoms with van der Waals surface area (Å²) in [6, 6.07) is 5.33. The highest BCUT2D eigenvalue weighted by Crippen LogP contribution is 2.60. The second kappa shape index (κ2) is 4.64. The normalized spacial score (nSPS) is 36.7. The van der Waals surface area contributed by atoms with Crippen LogP contribution in [-0.4, -0.2) is 5.91 Å². The molecule has 0 atom stereocenters. The van der Waals surface area contributed by atoms with E-state index in [0.717, 1.165) is 42.7 Å². The predicted octanol–water partition coefficient (Wildman–Crippen LogP) is 4.08. The number of carbonyl (C=O) groups excluding carboxylic acids is 1. The Bertz CT molecular complexity index is 563. The smallest absolute Gasteiger partial charge is 0.230 e. The molecule has 0 radical (unpaired) electrons. The summed E-state index contributed by atoms with van der Waals surface area (Å²) in [4.78, 5) is 12.9. The molecule has 4 bridgehead atoms. The number of halogens is 1. The number of anilines is 2. The summed E-state index contributed by atoms with van der Waals surface area (Å²) in [7, 11) is 0. The van der Waals surface area contributed by atoms with E-state index in [-0.39, 0.29) is 11.3 Å². The summed E-state index contributed by atoms with van der Waals surface area (Å²) >= 11 is 6.04. The van der Waals surface area contributed by atoms with E-state index in [1.165, 1.54) is 19.3 Å². The second-order valence-corrected chi connectivity index (χ2v) is 7.80. The molecule has 1 aromatic carbocycles. The number of hydrogen-bond donors (Lipinski definition) is 2. The Labute approximate surface area is 130 Å². The van der Waals surface area contributed by atoms with Gasteiger partial charge in [-0.25, -0.2) is 0 Å². The van der Waals surface area contributed by atoms with Gasteiger partial charge in [-0.15, -0.1) is 0 Å². The maximum absolute atomic E-state index is 12.9. The molecule has 4 aliphatic carbocycles. The molecule has 0 saturated heterocycles. The van der Waals surface area contributed by atoms with E-state index in [4.69, 9.17) is 17.3 Å². The third-order valence-corrected chi connectivity index (χ3v) is 6.11. The molecule has 4 fully saturated rings. The molecule has 0 aliphatic heterocycles. The minimum atomic E-state index is -0.122. The van der Waals surface area contributed by atoms with Crippen LogP contribution in [0.4, 0.5) is 11.4 Å². The second-order valence-electron chi connectivity index (χ2n) is 7.39. The van der Waals surface area contributed by atoms with Gasteiger partial charge in [0.25, 0.3) is 0 Å². The molecule has 3 nitrogen and oxygen atoms in total. The summed E-state index contributed by atoms with van der Waals surface area (Å²) in [5.74, 6) is 2.52. The van der Waals surface area contributed by atoms with Gasteiger partial charge in [-0.2, -0.15) is 0 Å². The lowest BCUT2D eigenvalue weighted by molar-refractivity contribution is -0.140. The van der Waals surface area contributed by atoms with Gasteiger partial charge in [0.05, 0.1) is 16.1 Å². The summed E-state index contributed by atoms with van der Waals surface area (Å²) < 4.78 is 0.